The molecule has 3 aliphatic heterocycles. The minimum atomic E-state index is -2.40. The summed E-state index contributed by atoms with van der Waals surface area (Å²) in [6, 6.07) is 11.6. The van der Waals surface area contributed by atoms with Gasteiger partial charge in [0, 0.05) is 24.1 Å². The van der Waals surface area contributed by atoms with Gasteiger partial charge in [-0.25, -0.2) is 10.1 Å². The Kier molecular flexibility index (Phi) is 6.03. The molecule has 2 unspecified atom stereocenters. The number of morpholine rings is 1. The lowest BCUT2D eigenvalue weighted by molar-refractivity contribution is -0.402. The molecule has 0 saturated carbocycles. The minimum Gasteiger partial charge on any atom is -0.493 e. The number of methoxy groups -OCH3 is 1. The first-order valence-electron chi connectivity index (χ1n) is 11.0. The third kappa shape index (κ3) is 4.24. The molecule has 11 nitrogen and oxygen atoms in total. The van der Waals surface area contributed by atoms with E-state index in [9.17, 15) is 19.5 Å². The number of ether oxygens (including phenoxy) is 6. The molecule has 0 aromatic heterocycles. The molecule has 3 fully saturated rings. The summed E-state index contributed by atoms with van der Waals surface area (Å²) in [6.45, 7) is 0.181. The van der Waals surface area contributed by atoms with Crippen LogP contribution in [0.3, 0.4) is 0 Å². The van der Waals surface area contributed by atoms with E-state index in [2.05, 4.69) is 5.32 Å². The van der Waals surface area contributed by atoms with E-state index in [0.29, 0.717) is 27.8 Å². The van der Waals surface area contributed by atoms with Crippen LogP contribution >= 0.6 is 11.6 Å². The summed E-state index contributed by atoms with van der Waals surface area (Å²) < 4.78 is 33.5. The monoisotopic (exact) mass is 519 g/mol. The molecule has 0 amide bonds. The van der Waals surface area contributed by atoms with Gasteiger partial charge in [0.1, 0.15) is 5.75 Å². The van der Waals surface area contributed by atoms with Crippen LogP contribution in [0.5, 0.6) is 17.2 Å². The maximum atomic E-state index is 12.8. The summed E-state index contributed by atoms with van der Waals surface area (Å²) in [5.74, 6) is -6.04. The van der Waals surface area contributed by atoms with Gasteiger partial charge in [-0.15, -0.1) is 0 Å². The second-order valence-corrected chi connectivity index (χ2v) is 9.02. The van der Waals surface area contributed by atoms with E-state index < -0.39 is 48.0 Å². The van der Waals surface area contributed by atoms with E-state index in [0.717, 1.165) is 0 Å². The molecule has 5 rings (SSSR count). The molecule has 2 N–H and O–H groups in total. The predicted molar refractivity (Wildman–Crippen MR) is 120 cm³/mol. The first-order chi connectivity index (χ1) is 17.2. The van der Waals surface area contributed by atoms with Gasteiger partial charge in [-0.1, -0.05) is 23.7 Å². The van der Waals surface area contributed by atoms with E-state index in [4.69, 9.17) is 40.0 Å². The van der Waals surface area contributed by atoms with Crippen molar-refractivity contribution in [2.24, 2.45) is 0 Å². The number of benzene rings is 2. The molecule has 12 heteroatoms. The van der Waals surface area contributed by atoms with Crippen LogP contribution in [0.15, 0.2) is 42.5 Å². The van der Waals surface area contributed by atoms with Crippen molar-refractivity contribution in [1.29, 1.82) is 0 Å². The zero-order valence-electron chi connectivity index (χ0n) is 19.1. The van der Waals surface area contributed by atoms with E-state index in [-0.39, 0.29) is 19.6 Å². The Morgan fingerprint density at radius 2 is 1.72 bits per heavy atom. The highest BCUT2D eigenvalue weighted by Gasteiger charge is 2.69. The van der Waals surface area contributed by atoms with Gasteiger partial charge < -0.3 is 33.5 Å². The Hall–Kier alpha value is -3.38. The SMILES string of the molecule is COc1cc(Cl)ccc1Oc1ccc(C[C@@]23OCCNC24OC(=O)CC(O)(CC(=O)O3)C(=O)O4)cc1. The lowest BCUT2D eigenvalue weighted by Crippen LogP contribution is -2.74. The van der Waals surface area contributed by atoms with Gasteiger partial charge in [-0.05, 0) is 29.8 Å². The molecule has 2 aromatic carbocycles. The number of hydrogen-bond donors (Lipinski definition) is 2. The van der Waals surface area contributed by atoms with Gasteiger partial charge in [0.25, 0.3) is 0 Å². The van der Waals surface area contributed by atoms with Crippen molar-refractivity contribution in [2.75, 3.05) is 20.3 Å². The second kappa shape index (κ2) is 8.93. The highest BCUT2D eigenvalue weighted by Crippen LogP contribution is 2.43. The topological polar surface area (TPSA) is 139 Å². The third-order valence-corrected chi connectivity index (χ3v) is 6.27. The third-order valence-electron chi connectivity index (χ3n) is 6.04. The zero-order chi connectivity index (χ0) is 25.6. The van der Waals surface area contributed by atoms with Crippen LogP contribution in [0, 0.1) is 0 Å². The Balaban J connectivity index is 1.45. The molecule has 3 atom stereocenters. The van der Waals surface area contributed by atoms with Crippen LogP contribution < -0.4 is 14.8 Å². The first-order valence-corrected chi connectivity index (χ1v) is 11.4. The average molecular weight is 520 g/mol. The number of carbonyl (C=O) groups excluding carboxylic acids is 3. The Labute approximate surface area is 210 Å². The molecular weight excluding hydrogens is 498 g/mol. The molecule has 2 bridgehead atoms. The molecule has 36 heavy (non-hydrogen) atoms. The molecule has 3 aliphatic rings. The molecule has 0 radical (unpaired) electrons. The van der Waals surface area contributed by atoms with Gasteiger partial charge in [-0.2, -0.15) is 0 Å². The number of halogens is 1. The van der Waals surface area contributed by atoms with Crippen molar-refractivity contribution in [3.05, 3.63) is 53.1 Å². The number of esters is 3. The Morgan fingerprint density at radius 3 is 2.44 bits per heavy atom. The van der Waals surface area contributed by atoms with Crippen LogP contribution in [0.1, 0.15) is 18.4 Å². The average Bonchev–Trinajstić information content (AvgIpc) is 2.89. The van der Waals surface area contributed by atoms with Crippen molar-refractivity contribution < 1.29 is 47.9 Å². The van der Waals surface area contributed by atoms with Gasteiger partial charge in [0.15, 0.2) is 17.1 Å². The Bertz CT molecular complexity index is 1220. The Morgan fingerprint density at radius 1 is 1.00 bits per heavy atom. The summed E-state index contributed by atoms with van der Waals surface area (Å²) in [5, 5.41) is 13.9. The van der Waals surface area contributed by atoms with Crippen molar-refractivity contribution in [2.45, 2.75) is 36.6 Å². The molecule has 1 spiro atoms. The number of hydrogen-bond acceptors (Lipinski definition) is 11. The number of nitrogens with one attached hydrogen (secondary N) is 1. The number of carbonyl (C=O) groups is 3. The van der Waals surface area contributed by atoms with Crippen molar-refractivity contribution >= 4 is 29.5 Å². The zero-order valence-corrected chi connectivity index (χ0v) is 19.8. The van der Waals surface area contributed by atoms with E-state index in [1.165, 1.54) is 7.11 Å². The minimum absolute atomic E-state index is 0.0615. The predicted octanol–water partition coefficient (Wildman–Crippen LogP) is 1.82. The van der Waals surface area contributed by atoms with Gasteiger partial charge in [0.2, 0.25) is 0 Å². The highest BCUT2D eigenvalue weighted by atomic mass is 35.5. The summed E-state index contributed by atoms with van der Waals surface area (Å²) >= 11 is 6.00. The molecule has 3 saturated heterocycles. The van der Waals surface area contributed by atoms with Crippen molar-refractivity contribution in [3.63, 3.8) is 0 Å². The quantitative estimate of drug-likeness (QED) is 0.559. The van der Waals surface area contributed by atoms with Crippen LogP contribution in [-0.4, -0.2) is 60.6 Å². The van der Waals surface area contributed by atoms with E-state index in [1.54, 1.807) is 42.5 Å². The number of rotatable bonds is 5. The largest absolute Gasteiger partial charge is 0.493 e. The second-order valence-electron chi connectivity index (χ2n) is 8.59. The lowest BCUT2D eigenvalue weighted by Gasteiger charge is -2.49. The first kappa shape index (κ1) is 24.3. The van der Waals surface area contributed by atoms with Gasteiger partial charge in [0.05, 0.1) is 26.6 Å². The fourth-order valence-electron chi connectivity index (χ4n) is 4.33. The van der Waals surface area contributed by atoms with Crippen molar-refractivity contribution in [1.82, 2.24) is 5.32 Å². The van der Waals surface area contributed by atoms with Crippen LogP contribution in [0.25, 0.3) is 0 Å². The molecule has 3 heterocycles. The summed E-state index contributed by atoms with van der Waals surface area (Å²) in [7, 11) is 1.50. The molecular formula is C24H22ClNO10. The summed E-state index contributed by atoms with van der Waals surface area (Å²) in [5.41, 5.74) is -1.82. The van der Waals surface area contributed by atoms with Gasteiger partial charge in [-0.3, -0.25) is 9.59 Å². The van der Waals surface area contributed by atoms with E-state index in [1.807, 2.05) is 0 Å². The normalized spacial score (nSPS) is 29.6. The smallest absolute Gasteiger partial charge is 0.387 e. The van der Waals surface area contributed by atoms with Crippen LogP contribution in [0.4, 0.5) is 0 Å². The molecule has 0 aliphatic carbocycles. The maximum Gasteiger partial charge on any atom is 0.387 e. The van der Waals surface area contributed by atoms with Gasteiger partial charge >= 0.3 is 29.6 Å². The molecule has 190 valence electrons. The summed E-state index contributed by atoms with van der Waals surface area (Å²) in [6.07, 6.45) is -1.71. The number of aliphatic hydroxyl groups is 1. The van der Waals surface area contributed by atoms with Crippen LogP contribution in [0.2, 0.25) is 5.02 Å². The fourth-order valence-corrected chi connectivity index (χ4v) is 4.49. The summed E-state index contributed by atoms with van der Waals surface area (Å²) in [4.78, 5) is 38.0. The maximum absolute atomic E-state index is 12.8. The standard InChI is InChI=1S/C24H22ClNO10/c1-31-18-10-15(25)4-7-17(18)33-16-5-2-14(3-6-16)11-23-24(26-8-9-32-23)35-20(28)13-22(30,21(29)36-24)12-19(27)34-23/h2-7,10,26,30H,8-9,11-13H2,1H3/t22?,23-,24?/m0/s1. The number of fused-ring (bicyclic) bond motifs is 2. The highest BCUT2D eigenvalue weighted by molar-refractivity contribution is 6.30. The molecule has 2 aromatic rings. The van der Waals surface area contributed by atoms with Crippen molar-refractivity contribution in [3.8, 4) is 17.2 Å². The van der Waals surface area contributed by atoms with E-state index >= 15 is 0 Å². The lowest BCUT2D eigenvalue weighted by atomic mass is 9.94. The fraction of sp³-hybridized carbons (Fsp3) is 0.375. The van der Waals surface area contributed by atoms with Crippen LogP contribution in [-0.2, 0) is 39.8 Å².